The quantitative estimate of drug-likeness (QED) is 0.541. The van der Waals surface area contributed by atoms with Gasteiger partial charge in [-0.15, -0.1) is 0 Å². The maximum Gasteiger partial charge on any atom is 0.265 e. The van der Waals surface area contributed by atoms with Crippen molar-refractivity contribution in [2.45, 2.75) is 24.3 Å². The summed E-state index contributed by atoms with van der Waals surface area (Å²) >= 11 is 0. The minimum Gasteiger partial charge on any atom is -0.495 e. The van der Waals surface area contributed by atoms with E-state index in [1.165, 1.54) is 56.5 Å². The summed E-state index contributed by atoms with van der Waals surface area (Å²) in [5.74, 6) is -0.739. The highest BCUT2D eigenvalue weighted by atomic mass is 32.2. The number of sulfone groups is 1. The van der Waals surface area contributed by atoms with E-state index < -0.39 is 31.8 Å². The third-order valence-electron chi connectivity index (χ3n) is 4.74. The molecule has 1 aliphatic rings. The summed E-state index contributed by atoms with van der Waals surface area (Å²) in [7, 11) is -5.86. The summed E-state index contributed by atoms with van der Waals surface area (Å²) in [6, 6.07) is 9.49. The zero-order valence-electron chi connectivity index (χ0n) is 17.4. The fraction of sp³-hybridized carbons (Fsp3) is 0.300. The van der Waals surface area contributed by atoms with Crippen LogP contribution in [0.4, 0.5) is 11.4 Å². The van der Waals surface area contributed by atoms with E-state index >= 15 is 0 Å². The van der Waals surface area contributed by atoms with E-state index in [0.717, 1.165) is 0 Å². The number of sulfonamides is 1. The Balaban J connectivity index is 1.74. The number of nitrogens with one attached hydrogen (secondary N) is 3. The molecule has 0 aliphatic carbocycles. The number of benzene rings is 2. The fourth-order valence-corrected chi connectivity index (χ4v) is 6.17. The van der Waals surface area contributed by atoms with Crippen molar-refractivity contribution in [1.82, 2.24) is 5.32 Å². The van der Waals surface area contributed by atoms with Gasteiger partial charge in [0.15, 0.2) is 9.84 Å². The van der Waals surface area contributed by atoms with Gasteiger partial charge < -0.3 is 15.4 Å². The number of carbonyl (C=O) groups excluding carboxylic acids is 2. The van der Waals surface area contributed by atoms with E-state index in [4.69, 9.17) is 4.74 Å². The lowest BCUT2D eigenvalue weighted by atomic mass is 10.1. The zero-order chi connectivity index (χ0) is 23.5. The van der Waals surface area contributed by atoms with Gasteiger partial charge in [0.1, 0.15) is 10.6 Å². The second-order valence-electron chi connectivity index (χ2n) is 7.30. The van der Waals surface area contributed by atoms with Crippen LogP contribution in [0.2, 0.25) is 0 Å². The van der Waals surface area contributed by atoms with Gasteiger partial charge in [-0.1, -0.05) is 0 Å². The predicted octanol–water partition coefficient (Wildman–Crippen LogP) is 1.37. The van der Waals surface area contributed by atoms with E-state index in [1.807, 2.05) is 0 Å². The molecule has 1 heterocycles. The van der Waals surface area contributed by atoms with Crippen LogP contribution in [0.5, 0.6) is 5.75 Å². The second-order valence-corrected chi connectivity index (χ2v) is 11.2. The molecule has 1 atom stereocenters. The molecule has 2 aromatic carbocycles. The molecule has 12 heteroatoms. The van der Waals surface area contributed by atoms with Crippen LogP contribution in [-0.4, -0.2) is 53.3 Å². The van der Waals surface area contributed by atoms with Gasteiger partial charge in [0.2, 0.25) is 5.91 Å². The van der Waals surface area contributed by atoms with Crippen LogP contribution in [0.15, 0.2) is 47.4 Å². The van der Waals surface area contributed by atoms with Crippen molar-refractivity contribution in [2.24, 2.45) is 0 Å². The van der Waals surface area contributed by atoms with Gasteiger partial charge >= 0.3 is 0 Å². The Morgan fingerprint density at radius 3 is 2.28 bits per heavy atom. The number of methoxy groups -OCH3 is 1. The van der Waals surface area contributed by atoms with Crippen LogP contribution in [-0.2, 0) is 24.7 Å². The summed E-state index contributed by atoms with van der Waals surface area (Å²) in [6.07, 6.45) is 0.366. The molecular weight excluding hydrogens is 458 g/mol. The molecule has 1 fully saturated rings. The highest BCUT2D eigenvalue weighted by molar-refractivity contribution is 7.93. The topological polar surface area (TPSA) is 148 Å². The Labute approximate surface area is 186 Å². The van der Waals surface area contributed by atoms with Crippen LogP contribution in [0.25, 0.3) is 0 Å². The molecule has 0 radical (unpaired) electrons. The first-order valence-corrected chi connectivity index (χ1v) is 12.9. The highest BCUT2D eigenvalue weighted by Gasteiger charge is 2.29. The predicted molar refractivity (Wildman–Crippen MR) is 119 cm³/mol. The van der Waals surface area contributed by atoms with Gasteiger partial charge in [-0.2, -0.15) is 0 Å². The SMILES string of the molecule is COc1ccc(NC(C)=O)cc1S(=O)(=O)Nc1ccc(C(=O)N[C@H]2CCS(=O)(=O)C2)cc1. The first-order valence-electron chi connectivity index (χ1n) is 9.59. The maximum absolute atomic E-state index is 12.9. The van der Waals surface area contributed by atoms with Crippen LogP contribution in [0.3, 0.4) is 0 Å². The van der Waals surface area contributed by atoms with E-state index in [1.54, 1.807) is 0 Å². The average molecular weight is 482 g/mol. The second kappa shape index (κ2) is 9.17. The molecule has 3 rings (SSSR count). The van der Waals surface area contributed by atoms with Gasteiger partial charge in [-0.05, 0) is 48.9 Å². The number of amides is 2. The Hall–Kier alpha value is -3.12. The Kier molecular flexibility index (Phi) is 6.74. The van der Waals surface area contributed by atoms with Crippen molar-refractivity contribution < 1.29 is 31.2 Å². The number of carbonyl (C=O) groups is 2. The van der Waals surface area contributed by atoms with Crippen LogP contribution >= 0.6 is 0 Å². The molecule has 2 amide bonds. The summed E-state index contributed by atoms with van der Waals surface area (Å²) < 4.78 is 56.4. The highest BCUT2D eigenvalue weighted by Crippen LogP contribution is 2.29. The average Bonchev–Trinajstić information content (AvgIpc) is 3.06. The molecule has 0 spiro atoms. The fourth-order valence-electron chi connectivity index (χ4n) is 3.25. The third-order valence-corrected chi connectivity index (χ3v) is 7.91. The number of hydrogen-bond acceptors (Lipinski definition) is 7. The number of hydrogen-bond donors (Lipinski definition) is 3. The summed E-state index contributed by atoms with van der Waals surface area (Å²) in [6.45, 7) is 1.31. The molecule has 32 heavy (non-hydrogen) atoms. The first kappa shape index (κ1) is 23.5. The van der Waals surface area contributed by atoms with E-state index in [2.05, 4.69) is 15.4 Å². The lowest BCUT2D eigenvalue weighted by Crippen LogP contribution is -2.35. The summed E-state index contributed by atoms with van der Waals surface area (Å²) in [5.41, 5.74) is 0.763. The lowest BCUT2D eigenvalue weighted by Gasteiger charge is -2.14. The van der Waals surface area contributed by atoms with Crippen LogP contribution in [0, 0.1) is 0 Å². The molecule has 0 unspecified atom stereocenters. The third kappa shape index (κ3) is 5.77. The molecule has 3 N–H and O–H groups in total. The van der Waals surface area contributed by atoms with Crippen molar-refractivity contribution >= 4 is 43.0 Å². The van der Waals surface area contributed by atoms with Crippen LogP contribution in [0.1, 0.15) is 23.7 Å². The minimum atomic E-state index is -4.07. The number of anilines is 2. The van der Waals surface area contributed by atoms with Crippen molar-refractivity contribution in [1.29, 1.82) is 0 Å². The van der Waals surface area contributed by atoms with Crippen molar-refractivity contribution in [3.63, 3.8) is 0 Å². The molecule has 1 aliphatic heterocycles. The van der Waals surface area contributed by atoms with Crippen molar-refractivity contribution in [2.75, 3.05) is 28.7 Å². The molecule has 0 saturated carbocycles. The first-order chi connectivity index (χ1) is 15.0. The summed E-state index contributed by atoms with van der Waals surface area (Å²) in [5, 5.41) is 5.19. The molecule has 0 bridgehead atoms. The smallest absolute Gasteiger partial charge is 0.265 e. The number of rotatable bonds is 7. The van der Waals surface area contributed by atoms with Gasteiger partial charge in [-0.25, -0.2) is 16.8 Å². The minimum absolute atomic E-state index is 0.0469. The maximum atomic E-state index is 12.9. The van der Waals surface area contributed by atoms with Gasteiger partial charge in [-0.3, -0.25) is 14.3 Å². The van der Waals surface area contributed by atoms with E-state index in [0.29, 0.717) is 12.1 Å². The Morgan fingerprint density at radius 1 is 1.06 bits per heavy atom. The normalized spacial score (nSPS) is 17.4. The van der Waals surface area contributed by atoms with Gasteiger partial charge in [0.05, 0.1) is 18.6 Å². The molecule has 1 saturated heterocycles. The van der Waals surface area contributed by atoms with E-state index in [-0.39, 0.29) is 39.3 Å². The largest absolute Gasteiger partial charge is 0.495 e. The Morgan fingerprint density at radius 2 is 1.72 bits per heavy atom. The van der Waals surface area contributed by atoms with Crippen molar-refractivity contribution in [3.05, 3.63) is 48.0 Å². The lowest BCUT2D eigenvalue weighted by molar-refractivity contribution is -0.114. The monoisotopic (exact) mass is 481 g/mol. The van der Waals surface area contributed by atoms with Gasteiger partial charge in [0.25, 0.3) is 15.9 Å². The molecule has 2 aromatic rings. The van der Waals surface area contributed by atoms with Gasteiger partial charge in [0, 0.05) is 29.9 Å². The standard InChI is InChI=1S/C20H23N3O7S2/c1-13(24)21-16-7-8-18(30-2)19(11-16)32(28,29)23-15-5-3-14(4-6-15)20(25)22-17-9-10-31(26,27)12-17/h3-8,11,17,23H,9-10,12H2,1-2H3,(H,21,24)(H,22,25)/t17-/m0/s1. The number of ether oxygens (including phenoxy) is 1. The van der Waals surface area contributed by atoms with Crippen LogP contribution < -0.4 is 20.1 Å². The molecule has 10 nitrogen and oxygen atoms in total. The molecule has 172 valence electrons. The molecular formula is C20H23N3O7S2. The van der Waals surface area contributed by atoms with Crippen molar-refractivity contribution in [3.8, 4) is 5.75 Å². The zero-order valence-corrected chi connectivity index (χ0v) is 19.0. The Bertz CT molecular complexity index is 1240. The summed E-state index contributed by atoms with van der Waals surface area (Å²) in [4.78, 5) is 23.4. The van der Waals surface area contributed by atoms with E-state index in [9.17, 15) is 26.4 Å². The molecule has 0 aromatic heterocycles.